The molecule has 1 fully saturated rings. The van der Waals surface area contributed by atoms with Crippen LogP contribution in [-0.4, -0.2) is 30.9 Å². The molecule has 1 N–H and O–H groups in total. The van der Waals surface area contributed by atoms with Gasteiger partial charge in [0.05, 0.1) is 27.2 Å². The largest absolute Gasteiger partial charge is 0.507 e. The Kier molecular flexibility index (Phi) is 6.77. The summed E-state index contributed by atoms with van der Waals surface area (Å²) in [5.41, 5.74) is -0.0391. The number of aliphatic hydroxyl groups is 1. The van der Waals surface area contributed by atoms with Crippen LogP contribution < -0.4 is 9.80 Å². The number of alkyl halides is 3. The molecule has 0 spiro atoms. The first-order valence-corrected chi connectivity index (χ1v) is 11.4. The number of rotatable bonds is 4. The molecule has 0 aliphatic carbocycles. The number of halogens is 5. The van der Waals surface area contributed by atoms with E-state index in [2.05, 4.69) is 0 Å². The first-order valence-electron chi connectivity index (χ1n) is 10.6. The van der Waals surface area contributed by atoms with E-state index in [9.17, 15) is 27.9 Å². The first-order chi connectivity index (χ1) is 16.9. The number of anilines is 2. The molecule has 36 heavy (non-hydrogen) atoms. The molecule has 10 heteroatoms. The van der Waals surface area contributed by atoms with Crippen molar-refractivity contribution in [1.82, 2.24) is 0 Å². The summed E-state index contributed by atoms with van der Waals surface area (Å²) in [5.74, 6) is -2.64. The third-order valence-electron chi connectivity index (χ3n) is 5.81. The lowest BCUT2D eigenvalue weighted by atomic mass is 9.94. The number of carbonyl (C=O) groups is 2. The van der Waals surface area contributed by atoms with Gasteiger partial charge in [-0.05, 0) is 54.1 Å². The van der Waals surface area contributed by atoms with Crippen molar-refractivity contribution in [2.75, 3.05) is 23.9 Å². The SMILES string of the molecule is CN(C)c1ccc(C2/C(=C(\O)c3ccc(Cl)c(Cl)c3)C(=O)C(=O)N2c2cccc(C(F)(F)F)c2)cc1. The second-order valence-electron chi connectivity index (χ2n) is 8.33. The van der Waals surface area contributed by atoms with Gasteiger partial charge in [-0.15, -0.1) is 0 Å². The molecular formula is C26H19Cl2F3N2O3. The molecule has 1 aliphatic rings. The van der Waals surface area contributed by atoms with E-state index >= 15 is 0 Å². The van der Waals surface area contributed by atoms with Gasteiger partial charge in [0.1, 0.15) is 5.76 Å². The third-order valence-corrected chi connectivity index (χ3v) is 6.55. The Balaban J connectivity index is 1.95. The van der Waals surface area contributed by atoms with E-state index < -0.39 is 35.2 Å². The van der Waals surface area contributed by atoms with Crippen LogP contribution in [0.4, 0.5) is 24.5 Å². The van der Waals surface area contributed by atoms with Crippen molar-refractivity contribution in [2.45, 2.75) is 12.2 Å². The first kappa shape index (κ1) is 25.6. The normalized spacial score (nSPS) is 17.5. The Morgan fingerprint density at radius 2 is 1.61 bits per heavy atom. The number of hydrogen-bond donors (Lipinski definition) is 1. The van der Waals surface area contributed by atoms with Crippen LogP contribution >= 0.6 is 23.2 Å². The lowest BCUT2D eigenvalue weighted by molar-refractivity contribution is -0.137. The van der Waals surface area contributed by atoms with E-state index in [4.69, 9.17) is 23.2 Å². The molecule has 1 amide bonds. The molecule has 1 unspecified atom stereocenters. The monoisotopic (exact) mass is 534 g/mol. The lowest BCUT2D eigenvalue weighted by Crippen LogP contribution is -2.29. The topological polar surface area (TPSA) is 60.9 Å². The number of ketones is 1. The Hall–Kier alpha value is -3.49. The zero-order valence-electron chi connectivity index (χ0n) is 19.0. The lowest BCUT2D eigenvalue weighted by Gasteiger charge is -2.26. The summed E-state index contributed by atoms with van der Waals surface area (Å²) < 4.78 is 40.3. The quantitative estimate of drug-likeness (QED) is 0.229. The van der Waals surface area contributed by atoms with Crippen LogP contribution in [0.3, 0.4) is 0 Å². The molecule has 0 bridgehead atoms. The molecule has 5 nitrogen and oxygen atoms in total. The van der Waals surface area contributed by atoms with E-state index in [1.807, 2.05) is 19.0 Å². The van der Waals surface area contributed by atoms with Gasteiger partial charge >= 0.3 is 6.18 Å². The van der Waals surface area contributed by atoms with Crippen LogP contribution in [-0.2, 0) is 15.8 Å². The summed E-state index contributed by atoms with van der Waals surface area (Å²) in [6, 6.07) is 13.9. The van der Waals surface area contributed by atoms with Gasteiger partial charge in [0, 0.05) is 31.0 Å². The minimum Gasteiger partial charge on any atom is -0.507 e. The van der Waals surface area contributed by atoms with E-state index in [1.165, 1.54) is 24.3 Å². The van der Waals surface area contributed by atoms with Gasteiger partial charge in [-0.25, -0.2) is 0 Å². The molecule has 3 aromatic carbocycles. The van der Waals surface area contributed by atoms with Crippen molar-refractivity contribution in [3.05, 3.63) is 99.0 Å². The maximum absolute atomic E-state index is 13.4. The second kappa shape index (κ2) is 9.52. The summed E-state index contributed by atoms with van der Waals surface area (Å²) in [6.07, 6.45) is -4.66. The smallest absolute Gasteiger partial charge is 0.416 e. The molecule has 0 aromatic heterocycles. The predicted octanol–water partition coefficient (Wildman–Crippen LogP) is 6.70. The van der Waals surface area contributed by atoms with Crippen molar-refractivity contribution in [2.24, 2.45) is 0 Å². The van der Waals surface area contributed by atoms with E-state index in [1.54, 1.807) is 24.3 Å². The summed E-state index contributed by atoms with van der Waals surface area (Å²) in [4.78, 5) is 29.2. The number of aliphatic hydroxyl groups excluding tert-OH is 1. The molecule has 1 aliphatic heterocycles. The average molecular weight is 535 g/mol. The standard InChI is InChI=1S/C26H19Cl2F3N2O3/c1-32(2)17-9-6-14(7-10-17)22-21(23(34)15-8-11-19(27)20(28)12-15)24(35)25(36)33(22)18-5-3-4-16(13-18)26(29,30)31/h3-13,22,34H,1-2H3/b23-21+. The van der Waals surface area contributed by atoms with Crippen LogP contribution in [0.1, 0.15) is 22.7 Å². The summed E-state index contributed by atoms with van der Waals surface area (Å²) in [7, 11) is 3.65. The van der Waals surface area contributed by atoms with Crippen molar-refractivity contribution in [1.29, 1.82) is 0 Å². The summed E-state index contributed by atoms with van der Waals surface area (Å²) >= 11 is 12.0. The number of hydrogen-bond acceptors (Lipinski definition) is 4. The Morgan fingerprint density at radius 1 is 0.944 bits per heavy atom. The van der Waals surface area contributed by atoms with Crippen LogP contribution in [0, 0.1) is 0 Å². The molecule has 1 heterocycles. The molecule has 186 valence electrons. The van der Waals surface area contributed by atoms with Gasteiger partial charge in [0.15, 0.2) is 0 Å². The Labute approximate surface area is 215 Å². The second-order valence-corrected chi connectivity index (χ2v) is 9.15. The van der Waals surface area contributed by atoms with Crippen molar-refractivity contribution in [3.63, 3.8) is 0 Å². The van der Waals surface area contributed by atoms with Gasteiger partial charge in [-0.3, -0.25) is 14.5 Å². The van der Waals surface area contributed by atoms with Gasteiger partial charge in [0.2, 0.25) is 0 Å². The fraction of sp³-hybridized carbons (Fsp3) is 0.154. The fourth-order valence-electron chi connectivity index (χ4n) is 4.00. The van der Waals surface area contributed by atoms with Gasteiger partial charge < -0.3 is 10.0 Å². The van der Waals surface area contributed by atoms with Crippen LogP contribution in [0.2, 0.25) is 10.0 Å². The molecule has 1 atom stereocenters. The maximum Gasteiger partial charge on any atom is 0.416 e. The number of nitrogens with zero attached hydrogens (tertiary/aromatic N) is 2. The van der Waals surface area contributed by atoms with Crippen molar-refractivity contribution < 1.29 is 27.9 Å². The van der Waals surface area contributed by atoms with E-state index in [-0.39, 0.29) is 26.9 Å². The van der Waals surface area contributed by atoms with E-state index in [0.29, 0.717) is 5.56 Å². The highest BCUT2D eigenvalue weighted by Crippen LogP contribution is 2.44. The molecule has 4 rings (SSSR count). The molecular weight excluding hydrogens is 516 g/mol. The molecule has 0 radical (unpaired) electrons. The molecule has 3 aromatic rings. The highest BCUT2D eigenvalue weighted by Gasteiger charge is 2.47. The Bertz CT molecular complexity index is 1390. The minimum atomic E-state index is -4.66. The number of amides is 1. The zero-order valence-corrected chi connectivity index (χ0v) is 20.5. The van der Waals surface area contributed by atoms with Crippen molar-refractivity contribution >= 4 is 52.0 Å². The third kappa shape index (κ3) is 4.66. The molecule has 1 saturated heterocycles. The fourth-order valence-corrected chi connectivity index (χ4v) is 4.30. The highest BCUT2D eigenvalue weighted by atomic mass is 35.5. The van der Waals surface area contributed by atoms with E-state index in [0.717, 1.165) is 28.8 Å². The number of benzene rings is 3. The van der Waals surface area contributed by atoms with Crippen LogP contribution in [0.15, 0.2) is 72.3 Å². The van der Waals surface area contributed by atoms with Crippen LogP contribution in [0.5, 0.6) is 0 Å². The van der Waals surface area contributed by atoms with Gasteiger partial charge in [0.25, 0.3) is 11.7 Å². The zero-order chi connectivity index (χ0) is 26.4. The van der Waals surface area contributed by atoms with Crippen molar-refractivity contribution in [3.8, 4) is 0 Å². The Morgan fingerprint density at radius 3 is 2.19 bits per heavy atom. The molecule has 0 saturated carbocycles. The minimum absolute atomic E-state index is 0.111. The number of carbonyl (C=O) groups excluding carboxylic acids is 2. The van der Waals surface area contributed by atoms with Crippen LogP contribution in [0.25, 0.3) is 5.76 Å². The average Bonchev–Trinajstić information content (AvgIpc) is 3.10. The highest BCUT2D eigenvalue weighted by molar-refractivity contribution is 6.51. The predicted molar refractivity (Wildman–Crippen MR) is 133 cm³/mol. The van der Waals surface area contributed by atoms with Gasteiger partial charge in [-0.1, -0.05) is 41.4 Å². The summed E-state index contributed by atoms with van der Waals surface area (Å²) in [5, 5.41) is 11.5. The number of Topliss-reactive ketones (excluding diaryl/α,β-unsaturated/α-hetero) is 1. The maximum atomic E-state index is 13.4. The summed E-state index contributed by atoms with van der Waals surface area (Å²) in [6.45, 7) is 0. The van der Waals surface area contributed by atoms with Gasteiger partial charge in [-0.2, -0.15) is 13.2 Å².